The molecule has 4 nitrogen and oxygen atoms in total. The Labute approximate surface area is 114 Å². The summed E-state index contributed by atoms with van der Waals surface area (Å²) in [6, 6.07) is 7.41. The lowest BCUT2D eigenvalue weighted by atomic mass is 9.92. The topological polar surface area (TPSA) is 52.6 Å². The average molecular weight is 262 g/mol. The monoisotopic (exact) mass is 262 g/mol. The molecule has 0 heterocycles. The summed E-state index contributed by atoms with van der Waals surface area (Å²) in [6.07, 6.45) is 3.33. The second kappa shape index (κ2) is 6.06. The Bertz CT molecular complexity index is 446. The number of hydrogen-bond acceptors (Lipinski definition) is 3. The molecular formula is C15H22N2O2. The first-order chi connectivity index (χ1) is 9.09. The Morgan fingerprint density at radius 3 is 2.63 bits per heavy atom. The van der Waals surface area contributed by atoms with Crippen molar-refractivity contribution in [3.63, 3.8) is 0 Å². The maximum absolute atomic E-state index is 12.3. The minimum Gasteiger partial charge on any atom is -0.391 e. The summed E-state index contributed by atoms with van der Waals surface area (Å²) in [5.74, 6) is -0.102. The van der Waals surface area contributed by atoms with Crippen LogP contribution in [0.4, 0.5) is 5.69 Å². The Morgan fingerprint density at radius 1 is 1.26 bits per heavy atom. The largest absolute Gasteiger partial charge is 0.391 e. The standard InChI is InChI=1S/C15H22N2O2/c1-17(2)13-9-5-3-7-11(13)15(19)16-12-8-4-6-10-14(12)18/h3,5,7,9,12,14,18H,4,6,8,10H2,1-2H3,(H,16,19). The van der Waals surface area contributed by atoms with Crippen LogP contribution in [-0.4, -0.2) is 37.3 Å². The normalized spacial score (nSPS) is 22.9. The highest BCUT2D eigenvalue weighted by atomic mass is 16.3. The molecule has 1 aliphatic carbocycles. The van der Waals surface area contributed by atoms with Crippen LogP contribution >= 0.6 is 0 Å². The minimum absolute atomic E-state index is 0.102. The summed E-state index contributed by atoms with van der Waals surface area (Å²) in [5.41, 5.74) is 1.55. The first-order valence-electron chi connectivity index (χ1n) is 6.85. The molecule has 4 heteroatoms. The average Bonchev–Trinajstić information content (AvgIpc) is 2.41. The lowest BCUT2D eigenvalue weighted by molar-refractivity contribution is 0.0717. The van der Waals surface area contributed by atoms with Crippen molar-refractivity contribution in [1.82, 2.24) is 5.32 Å². The fourth-order valence-electron chi connectivity index (χ4n) is 2.58. The highest BCUT2D eigenvalue weighted by Gasteiger charge is 2.25. The number of benzene rings is 1. The molecule has 0 spiro atoms. The van der Waals surface area contributed by atoms with Crippen LogP contribution < -0.4 is 10.2 Å². The fraction of sp³-hybridized carbons (Fsp3) is 0.533. The number of hydrogen-bond donors (Lipinski definition) is 2. The molecule has 0 bridgehead atoms. The molecule has 2 N–H and O–H groups in total. The minimum atomic E-state index is -0.413. The lowest BCUT2D eigenvalue weighted by Gasteiger charge is -2.29. The van der Waals surface area contributed by atoms with Crippen molar-refractivity contribution in [2.75, 3.05) is 19.0 Å². The highest BCUT2D eigenvalue weighted by molar-refractivity contribution is 5.99. The smallest absolute Gasteiger partial charge is 0.253 e. The van der Waals surface area contributed by atoms with E-state index in [1.54, 1.807) is 0 Å². The van der Waals surface area contributed by atoms with Gasteiger partial charge in [-0.25, -0.2) is 0 Å². The second-order valence-electron chi connectivity index (χ2n) is 5.34. The van der Waals surface area contributed by atoms with E-state index in [4.69, 9.17) is 0 Å². The number of anilines is 1. The molecule has 1 aliphatic rings. The number of carbonyl (C=O) groups excluding carboxylic acids is 1. The molecule has 2 rings (SSSR count). The van der Waals surface area contributed by atoms with Gasteiger partial charge in [-0.2, -0.15) is 0 Å². The van der Waals surface area contributed by atoms with E-state index in [1.165, 1.54) is 0 Å². The molecule has 0 aliphatic heterocycles. The molecule has 19 heavy (non-hydrogen) atoms. The van der Waals surface area contributed by atoms with E-state index in [0.29, 0.717) is 5.56 Å². The van der Waals surface area contributed by atoms with Gasteiger partial charge in [0.25, 0.3) is 5.91 Å². The van der Waals surface area contributed by atoms with E-state index in [1.807, 2.05) is 43.3 Å². The van der Waals surface area contributed by atoms with Crippen LogP contribution in [0.15, 0.2) is 24.3 Å². The quantitative estimate of drug-likeness (QED) is 0.873. The van der Waals surface area contributed by atoms with Gasteiger partial charge in [-0.15, -0.1) is 0 Å². The highest BCUT2D eigenvalue weighted by Crippen LogP contribution is 2.21. The summed E-state index contributed by atoms with van der Waals surface area (Å²) in [7, 11) is 3.84. The van der Waals surface area contributed by atoms with E-state index in [0.717, 1.165) is 31.4 Å². The Morgan fingerprint density at radius 2 is 1.95 bits per heavy atom. The van der Waals surface area contributed by atoms with Gasteiger partial charge in [-0.3, -0.25) is 4.79 Å². The third kappa shape index (κ3) is 3.26. The van der Waals surface area contributed by atoms with E-state index < -0.39 is 6.10 Å². The van der Waals surface area contributed by atoms with Crippen molar-refractivity contribution in [1.29, 1.82) is 0 Å². The van der Waals surface area contributed by atoms with Crippen LogP contribution in [0, 0.1) is 0 Å². The maximum atomic E-state index is 12.3. The van der Waals surface area contributed by atoms with Crippen molar-refractivity contribution in [2.24, 2.45) is 0 Å². The first kappa shape index (κ1) is 13.9. The Kier molecular flexibility index (Phi) is 4.43. The zero-order chi connectivity index (χ0) is 13.8. The van der Waals surface area contributed by atoms with E-state index in [9.17, 15) is 9.90 Å². The van der Waals surface area contributed by atoms with E-state index in [2.05, 4.69) is 5.32 Å². The molecule has 2 atom stereocenters. The van der Waals surface area contributed by atoms with Crippen LogP contribution in [0.1, 0.15) is 36.0 Å². The number of rotatable bonds is 3. The molecule has 1 saturated carbocycles. The van der Waals surface area contributed by atoms with Crippen molar-refractivity contribution in [2.45, 2.75) is 37.8 Å². The molecule has 1 aromatic rings. The fourth-order valence-corrected chi connectivity index (χ4v) is 2.58. The molecule has 104 valence electrons. The zero-order valence-corrected chi connectivity index (χ0v) is 11.6. The second-order valence-corrected chi connectivity index (χ2v) is 5.34. The van der Waals surface area contributed by atoms with E-state index in [-0.39, 0.29) is 11.9 Å². The summed E-state index contributed by atoms with van der Waals surface area (Å²) in [6.45, 7) is 0. The third-order valence-corrected chi connectivity index (χ3v) is 3.68. The van der Waals surface area contributed by atoms with Crippen LogP contribution in [0.2, 0.25) is 0 Å². The molecule has 0 saturated heterocycles. The molecule has 2 unspecified atom stereocenters. The number of para-hydroxylation sites is 1. The van der Waals surface area contributed by atoms with Gasteiger partial charge >= 0.3 is 0 Å². The van der Waals surface area contributed by atoms with Crippen LogP contribution in [-0.2, 0) is 0 Å². The lowest BCUT2D eigenvalue weighted by Crippen LogP contribution is -2.45. The van der Waals surface area contributed by atoms with Crippen LogP contribution in [0.25, 0.3) is 0 Å². The van der Waals surface area contributed by atoms with Crippen molar-refractivity contribution >= 4 is 11.6 Å². The Hall–Kier alpha value is -1.55. The van der Waals surface area contributed by atoms with Gasteiger partial charge in [0.15, 0.2) is 0 Å². The molecule has 0 aromatic heterocycles. The predicted octanol–water partition coefficient (Wildman–Crippen LogP) is 1.79. The van der Waals surface area contributed by atoms with Crippen molar-refractivity contribution in [3.8, 4) is 0 Å². The summed E-state index contributed by atoms with van der Waals surface area (Å²) in [4.78, 5) is 14.3. The number of carbonyl (C=O) groups is 1. The molecule has 1 aromatic carbocycles. The molecule has 1 amide bonds. The molecule has 0 radical (unpaired) electrons. The number of nitrogens with zero attached hydrogens (tertiary/aromatic N) is 1. The predicted molar refractivity (Wildman–Crippen MR) is 76.5 cm³/mol. The number of nitrogens with one attached hydrogen (secondary N) is 1. The SMILES string of the molecule is CN(C)c1ccccc1C(=O)NC1CCCCC1O. The number of aliphatic hydroxyl groups is 1. The number of amides is 1. The molecule has 1 fully saturated rings. The van der Waals surface area contributed by atoms with Gasteiger partial charge in [-0.1, -0.05) is 25.0 Å². The number of aliphatic hydroxyl groups excluding tert-OH is 1. The summed E-state index contributed by atoms with van der Waals surface area (Å²) < 4.78 is 0. The van der Waals surface area contributed by atoms with Gasteiger partial charge in [0.2, 0.25) is 0 Å². The van der Waals surface area contributed by atoms with Gasteiger partial charge < -0.3 is 15.3 Å². The first-order valence-corrected chi connectivity index (χ1v) is 6.85. The van der Waals surface area contributed by atoms with Gasteiger partial charge in [0, 0.05) is 19.8 Å². The summed E-state index contributed by atoms with van der Waals surface area (Å²) >= 11 is 0. The van der Waals surface area contributed by atoms with E-state index >= 15 is 0 Å². The third-order valence-electron chi connectivity index (χ3n) is 3.68. The Balaban J connectivity index is 2.11. The van der Waals surface area contributed by atoms with Crippen LogP contribution in [0.3, 0.4) is 0 Å². The summed E-state index contributed by atoms with van der Waals surface area (Å²) in [5, 5.41) is 12.9. The van der Waals surface area contributed by atoms with Gasteiger partial charge in [0.1, 0.15) is 0 Å². The van der Waals surface area contributed by atoms with Crippen molar-refractivity contribution < 1.29 is 9.90 Å². The molecular weight excluding hydrogens is 240 g/mol. The van der Waals surface area contributed by atoms with Gasteiger partial charge in [0.05, 0.1) is 17.7 Å². The zero-order valence-electron chi connectivity index (χ0n) is 11.6. The van der Waals surface area contributed by atoms with Crippen molar-refractivity contribution in [3.05, 3.63) is 29.8 Å². The van der Waals surface area contributed by atoms with Crippen LogP contribution in [0.5, 0.6) is 0 Å². The van der Waals surface area contributed by atoms with Gasteiger partial charge in [-0.05, 0) is 25.0 Å². The maximum Gasteiger partial charge on any atom is 0.253 e.